The van der Waals surface area contributed by atoms with Crippen LogP contribution in [0.2, 0.25) is 5.02 Å². The predicted molar refractivity (Wildman–Crippen MR) is 177 cm³/mol. The molecule has 0 radical (unpaired) electrons. The molecule has 0 saturated heterocycles. The number of nitrogens with one attached hydrogen (secondary N) is 1. The average Bonchev–Trinajstić information content (AvgIpc) is 4.03. The Morgan fingerprint density at radius 1 is 1.02 bits per heavy atom. The number of aliphatic hydroxyl groups excluding tert-OH is 5. The molecular formula is C36H45ClN2O8. The molecular weight excluding hydrogens is 624 g/mol. The SMILES string of the molecule is Cc1cc(COC2(c3cnccc3-c3ccccc3OC3CC3)CC2)c(Cl)cc1CCCCC(=O)N[C@@H](CO)[C@@H](O)[C@H](O)[C@H](O)CO. The number of halogens is 1. The van der Waals surface area contributed by atoms with Crippen LogP contribution in [0.25, 0.3) is 11.1 Å². The first-order valence-electron chi connectivity index (χ1n) is 16.3. The molecule has 10 nitrogen and oxygen atoms in total. The van der Waals surface area contributed by atoms with E-state index in [1.807, 2.05) is 49.6 Å². The number of rotatable bonds is 18. The summed E-state index contributed by atoms with van der Waals surface area (Å²) in [5.74, 6) is 0.483. The number of unbranched alkanes of at least 4 members (excludes halogenated alkanes) is 1. The second-order valence-corrected chi connectivity index (χ2v) is 13.1. The predicted octanol–water partition coefficient (Wildman–Crippen LogP) is 3.72. The van der Waals surface area contributed by atoms with Gasteiger partial charge in [-0.3, -0.25) is 9.78 Å². The van der Waals surface area contributed by atoms with Crippen LogP contribution < -0.4 is 10.1 Å². The van der Waals surface area contributed by atoms with Crippen LogP contribution in [0.15, 0.2) is 54.9 Å². The van der Waals surface area contributed by atoms with Crippen molar-refractivity contribution in [1.82, 2.24) is 10.3 Å². The van der Waals surface area contributed by atoms with Crippen LogP contribution in [0.3, 0.4) is 0 Å². The van der Waals surface area contributed by atoms with E-state index in [1.165, 1.54) is 0 Å². The van der Waals surface area contributed by atoms with E-state index in [4.69, 9.17) is 26.2 Å². The fraction of sp³-hybridized carbons (Fsp3) is 0.500. The van der Waals surface area contributed by atoms with E-state index in [0.717, 1.165) is 64.8 Å². The molecule has 0 bridgehead atoms. The Labute approximate surface area is 280 Å². The first-order chi connectivity index (χ1) is 22.7. The maximum atomic E-state index is 12.4. The topological polar surface area (TPSA) is 162 Å². The number of carbonyl (C=O) groups excluding carboxylic acids is 1. The number of amides is 1. The molecule has 4 atom stereocenters. The molecule has 5 rings (SSSR count). The van der Waals surface area contributed by atoms with Gasteiger partial charge in [-0.05, 0) is 92.3 Å². The smallest absolute Gasteiger partial charge is 0.220 e. The summed E-state index contributed by atoms with van der Waals surface area (Å²) in [7, 11) is 0. The minimum absolute atomic E-state index is 0.149. The van der Waals surface area contributed by atoms with Crippen molar-refractivity contribution in [2.75, 3.05) is 13.2 Å². The summed E-state index contributed by atoms with van der Waals surface area (Å²) in [6.07, 6.45) is 5.14. The third-order valence-electron chi connectivity index (χ3n) is 9.01. The molecule has 0 aliphatic heterocycles. The molecule has 2 aliphatic carbocycles. The normalized spacial score (nSPS) is 17.9. The van der Waals surface area contributed by atoms with Gasteiger partial charge >= 0.3 is 0 Å². The van der Waals surface area contributed by atoms with E-state index < -0.39 is 49.1 Å². The Hall–Kier alpha value is -3.09. The minimum atomic E-state index is -1.71. The maximum absolute atomic E-state index is 12.4. The van der Waals surface area contributed by atoms with E-state index in [9.17, 15) is 25.2 Å². The zero-order valence-corrected chi connectivity index (χ0v) is 27.4. The number of hydrogen-bond acceptors (Lipinski definition) is 9. The lowest BCUT2D eigenvalue weighted by Gasteiger charge is -2.28. The number of carbonyl (C=O) groups is 1. The Balaban J connectivity index is 1.15. The summed E-state index contributed by atoms with van der Waals surface area (Å²) < 4.78 is 12.8. The van der Waals surface area contributed by atoms with E-state index in [2.05, 4.69) is 22.4 Å². The van der Waals surface area contributed by atoms with Crippen LogP contribution in [0.1, 0.15) is 67.2 Å². The number of benzene rings is 2. The van der Waals surface area contributed by atoms with E-state index in [-0.39, 0.29) is 6.42 Å². The summed E-state index contributed by atoms with van der Waals surface area (Å²) in [6, 6.07) is 13.0. The number of aliphatic hydroxyl groups is 5. The van der Waals surface area contributed by atoms with Crippen molar-refractivity contribution >= 4 is 17.5 Å². The largest absolute Gasteiger partial charge is 0.490 e. The van der Waals surface area contributed by atoms with Gasteiger partial charge in [0.15, 0.2) is 0 Å². The molecule has 3 aromatic rings. The van der Waals surface area contributed by atoms with E-state index in [1.54, 1.807) is 0 Å². The Morgan fingerprint density at radius 2 is 1.79 bits per heavy atom. The molecule has 254 valence electrons. The molecule has 2 aliphatic rings. The molecule has 0 unspecified atom stereocenters. The molecule has 47 heavy (non-hydrogen) atoms. The number of para-hydroxylation sites is 1. The summed E-state index contributed by atoms with van der Waals surface area (Å²) >= 11 is 6.75. The van der Waals surface area contributed by atoms with Gasteiger partial charge in [0.25, 0.3) is 0 Å². The van der Waals surface area contributed by atoms with Crippen LogP contribution in [-0.2, 0) is 28.2 Å². The fourth-order valence-corrected chi connectivity index (χ4v) is 6.07. The van der Waals surface area contributed by atoms with Gasteiger partial charge in [0.1, 0.15) is 24.1 Å². The summed E-state index contributed by atoms with van der Waals surface area (Å²) in [6.45, 7) is 0.991. The molecule has 2 saturated carbocycles. The van der Waals surface area contributed by atoms with E-state index in [0.29, 0.717) is 37.0 Å². The Bertz CT molecular complexity index is 1510. The number of pyridine rings is 1. The minimum Gasteiger partial charge on any atom is -0.490 e. The molecule has 1 aromatic heterocycles. The second kappa shape index (κ2) is 15.9. The monoisotopic (exact) mass is 668 g/mol. The van der Waals surface area contributed by atoms with Crippen LogP contribution in [0, 0.1) is 6.92 Å². The highest BCUT2D eigenvalue weighted by atomic mass is 35.5. The lowest BCUT2D eigenvalue weighted by atomic mass is 9.96. The third kappa shape index (κ3) is 8.88. The van der Waals surface area contributed by atoms with Crippen molar-refractivity contribution in [3.8, 4) is 16.9 Å². The fourth-order valence-electron chi connectivity index (χ4n) is 5.83. The van der Waals surface area contributed by atoms with Crippen LogP contribution in [0.5, 0.6) is 5.75 Å². The number of nitrogens with zero attached hydrogens (tertiary/aromatic N) is 1. The molecule has 11 heteroatoms. The highest BCUT2D eigenvalue weighted by molar-refractivity contribution is 6.31. The van der Waals surface area contributed by atoms with Gasteiger partial charge in [0.2, 0.25) is 5.91 Å². The Kier molecular flexibility index (Phi) is 11.9. The first-order valence-corrected chi connectivity index (χ1v) is 16.7. The highest BCUT2D eigenvalue weighted by Crippen LogP contribution is 2.53. The molecule has 1 amide bonds. The van der Waals surface area contributed by atoms with Gasteiger partial charge in [-0.15, -0.1) is 0 Å². The van der Waals surface area contributed by atoms with Gasteiger partial charge in [-0.1, -0.05) is 35.9 Å². The van der Waals surface area contributed by atoms with Crippen molar-refractivity contribution in [2.45, 2.75) is 101 Å². The number of aromatic nitrogens is 1. The number of aryl methyl sites for hydroxylation is 2. The Morgan fingerprint density at radius 3 is 2.49 bits per heavy atom. The zero-order chi connectivity index (χ0) is 33.6. The number of ether oxygens (including phenoxy) is 2. The van der Waals surface area contributed by atoms with Gasteiger partial charge in [0, 0.05) is 35.0 Å². The average molecular weight is 669 g/mol. The quantitative estimate of drug-likeness (QED) is 0.111. The third-order valence-corrected chi connectivity index (χ3v) is 9.36. The van der Waals surface area contributed by atoms with Gasteiger partial charge in [0.05, 0.1) is 37.6 Å². The van der Waals surface area contributed by atoms with Crippen LogP contribution in [0.4, 0.5) is 0 Å². The van der Waals surface area contributed by atoms with Crippen molar-refractivity contribution in [1.29, 1.82) is 0 Å². The lowest BCUT2D eigenvalue weighted by Crippen LogP contribution is -2.54. The standard InChI is InChI=1S/C36H45ClN2O8/c1-22-16-24(29(37)17-23(22)6-2-5-9-33(43)39-30(19-40)34(44)35(45)31(42)20-41)21-46-36(13-14-36)28-18-38-15-12-26(28)27-7-3-4-8-32(27)47-25-10-11-25/h3-4,7-8,12,15-18,25,30-31,34-35,40-42,44-45H,2,5-6,9-11,13-14,19-21H2,1H3,(H,39,43)/t30-,31+,34+,35+/m0/s1. The number of hydrogen-bond donors (Lipinski definition) is 6. The van der Waals surface area contributed by atoms with Crippen molar-refractivity contribution < 1.29 is 39.8 Å². The van der Waals surface area contributed by atoms with Gasteiger partial charge < -0.3 is 40.3 Å². The molecule has 6 N–H and O–H groups in total. The second-order valence-electron chi connectivity index (χ2n) is 12.7. The van der Waals surface area contributed by atoms with Crippen molar-refractivity contribution in [3.05, 3.63) is 82.1 Å². The zero-order valence-electron chi connectivity index (χ0n) is 26.6. The molecule has 1 heterocycles. The van der Waals surface area contributed by atoms with Crippen LogP contribution in [-0.4, -0.2) is 80.1 Å². The lowest BCUT2D eigenvalue weighted by molar-refractivity contribution is -0.126. The van der Waals surface area contributed by atoms with Gasteiger partial charge in [-0.2, -0.15) is 0 Å². The first kappa shape index (κ1) is 35.2. The molecule has 0 spiro atoms. The van der Waals surface area contributed by atoms with Gasteiger partial charge in [-0.25, -0.2) is 0 Å². The van der Waals surface area contributed by atoms with Crippen LogP contribution >= 0.6 is 11.6 Å². The summed E-state index contributed by atoms with van der Waals surface area (Å²) in [5.41, 5.74) is 5.80. The molecule has 2 fully saturated rings. The maximum Gasteiger partial charge on any atom is 0.220 e. The van der Waals surface area contributed by atoms with Crippen molar-refractivity contribution in [2.24, 2.45) is 0 Å². The summed E-state index contributed by atoms with van der Waals surface area (Å²) in [4.78, 5) is 16.9. The molecule has 2 aromatic carbocycles. The van der Waals surface area contributed by atoms with E-state index >= 15 is 0 Å². The summed E-state index contributed by atoms with van der Waals surface area (Å²) in [5, 5.41) is 51.2. The highest BCUT2D eigenvalue weighted by Gasteiger charge is 2.48. The van der Waals surface area contributed by atoms with Crippen molar-refractivity contribution in [3.63, 3.8) is 0 Å².